The number of fused-ring (bicyclic) bond motifs is 1. The fourth-order valence-corrected chi connectivity index (χ4v) is 3.05. The number of nitrogens with zero attached hydrogens (tertiary/aromatic N) is 2. The molecule has 1 amide bonds. The van der Waals surface area contributed by atoms with E-state index < -0.39 is 0 Å². The predicted molar refractivity (Wildman–Crippen MR) is 118 cm³/mol. The SMILES string of the molecule is COc1ccc(-c2nc3ccc(C(=O)N/N=C/c4ccc(OC)c(O)c4)cc3[nH]2)cc1. The largest absolute Gasteiger partial charge is 0.504 e. The summed E-state index contributed by atoms with van der Waals surface area (Å²) in [5.41, 5.74) is 5.94. The zero-order chi connectivity index (χ0) is 21.8. The van der Waals surface area contributed by atoms with Crippen LogP contribution in [-0.2, 0) is 0 Å². The quantitative estimate of drug-likeness (QED) is 0.328. The molecule has 0 saturated carbocycles. The fourth-order valence-electron chi connectivity index (χ4n) is 3.05. The van der Waals surface area contributed by atoms with E-state index in [4.69, 9.17) is 9.47 Å². The number of amides is 1. The van der Waals surface area contributed by atoms with E-state index >= 15 is 0 Å². The Kier molecular flexibility index (Phi) is 5.53. The number of hydrogen-bond acceptors (Lipinski definition) is 6. The average molecular weight is 416 g/mol. The van der Waals surface area contributed by atoms with Gasteiger partial charge in [-0.2, -0.15) is 5.10 Å². The van der Waals surface area contributed by atoms with Crippen LogP contribution in [0.15, 0.2) is 65.8 Å². The minimum absolute atomic E-state index is 0.00450. The van der Waals surface area contributed by atoms with Crippen molar-refractivity contribution in [2.75, 3.05) is 14.2 Å². The normalized spacial score (nSPS) is 11.0. The number of carbonyl (C=O) groups is 1. The molecule has 8 nitrogen and oxygen atoms in total. The average Bonchev–Trinajstić information content (AvgIpc) is 3.22. The third kappa shape index (κ3) is 4.32. The monoisotopic (exact) mass is 416 g/mol. The van der Waals surface area contributed by atoms with Gasteiger partial charge in [-0.25, -0.2) is 10.4 Å². The predicted octanol–water partition coefficient (Wildman–Crippen LogP) is 3.72. The molecule has 0 unspecified atom stereocenters. The zero-order valence-corrected chi connectivity index (χ0v) is 16.9. The molecule has 3 aromatic carbocycles. The molecule has 4 rings (SSSR count). The first kappa shape index (κ1) is 20.0. The maximum atomic E-state index is 12.5. The van der Waals surface area contributed by atoms with Crippen LogP contribution < -0.4 is 14.9 Å². The van der Waals surface area contributed by atoms with Crippen molar-refractivity contribution in [1.82, 2.24) is 15.4 Å². The number of hydrazone groups is 1. The second-order valence-corrected chi connectivity index (χ2v) is 6.68. The molecule has 1 aromatic heterocycles. The summed E-state index contributed by atoms with van der Waals surface area (Å²) >= 11 is 0. The number of methoxy groups -OCH3 is 2. The molecular formula is C23H20N4O4. The van der Waals surface area contributed by atoms with Crippen LogP contribution >= 0.6 is 0 Å². The lowest BCUT2D eigenvalue weighted by molar-refractivity contribution is 0.0955. The summed E-state index contributed by atoms with van der Waals surface area (Å²) in [6, 6.07) is 17.6. The van der Waals surface area contributed by atoms with Crippen molar-refractivity contribution in [3.63, 3.8) is 0 Å². The summed E-state index contributed by atoms with van der Waals surface area (Å²) in [5.74, 6) is 1.46. The van der Waals surface area contributed by atoms with Gasteiger partial charge in [0.25, 0.3) is 5.91 Å². The smallest absolute Gasteiger partial charge is 0.271 e. The summed E-state index contributed by atoms with van der Waals surface area (Å²) in [7, 11) is 3.09. The van der Waals surface area contributed by atoms with Gasteiger partial charge in [-0.15, -0.1) is 0 Å². The molecule has 31 heavy (non-hydrogen) atoms. The zero-order valence-electron chi connectivity index (χ0n) is 16.9. The molecule has 156 valence electrons. The highest BCUT2D eigenvalue weighted by Gasteiger charge is 2.10. The molecule has 4 aromatic rings. The van der Waals surface area contributed by atoms with Crippen LogP contribution in [0.5, 0.6) is 17.2 Å². The Hall–Kier alpha value is -4.33. The summed E-state index contributed by atoms with van der Waals surface area (Å²) in [6.07, 6.45) is 1.44. The second-order valence-electron chi connectivity index (χ2n) is 6.68. The van der Waals surface area contributed by atoms with Gasteiger partial charge in [0.15, 0.2) is 11.5 Å². The number of phenols is 1. The summed E-state index contributed by atoms with van der Waals surface area (Å²) in [5, 5.41) is 13.7. The van der Waals surface area contributed by atoms with Crippen molar-refractivity contribution in [3.05, 3.63) is 71.8 Å². The van der Waals surface area contributed by atoms with Crippen molar-refractivity contribution in [2.45, 2.75) is 0 Å². The molecule has 0 bridgehead atoms. The van der Waals surface area contributed by atoms with Gasteiger partial charge in [0.1, 0.15) is 11.6 Å². The van der Waals surface area contributed by atoms with Gasteiger partial charge in [0.2, 0.25) is 0 Å². The topological polar surface area (TPSA) is 109 Å². The Bertz CT molecular complexity index is 1260. The van der Waals surface area contributed by atoms with Crippen molar-refractivity contribution in [3.8, 4) is 28.6 Å². The first-order chi connectivity index (χ1) is 15.1. The highest BCUT2D eigenvalue weighted by Crippen LogP contribution is 2.25. The van der Waals surface area contributed by atoms with E-state index in [9.17, 15) is 9.90 Å². The van der Waals surface area contributed by atoms with E-state index in [0.29, 0.717) is 22.7 Å². The van der Waals surface area contributed by atoms with Gasteiger partial charge >= 0.3 is 0 Å². The number of carbonyl (C=O) groups excluding carboxylic acids is 1. The maximum Gasteiger partial charge on any atom is 0.271 e. The number of hydrogen-bond donors (Lipinski definition) is 3. The first-order valence-corrected chi connectivity index (χ1v) is 9.42. The molecule has 0 saturated heterocycles. The standard InChI is InChI=1S/C23H20N4O4/c1-30-17-7-4-15(5-8-17)22-25-18-9-6-16(12-19(18)26-22)23(29)27-24-13-14-3-10-21(31-2)20(28)11-14/h3-13,28H,1-2H3,(H,25,26)(H,27,29)/b24-13+. The number of H-pyrrole nitrogens is 1. The lowest BCUT2D eigenvalue weighted by Gasteiger charge is -2.03. The number of benzene rings is 3. The number of rotatable bonds is 6. The van der Waals surface area contributed by atoms with Crippen LogP contribution in [0.3, 0.4) is 0 Å². The molecule has 8 heteroatoms. The molecule has 1 heterocycles. The van der Waals surface area contributed by atoms with Gasteiger partial charge in [-0.3, -0.25) is 4.79 Å². The molecule has 0 atom stereocenters. The van der Waals surface area contributed by atoms with E-state index in [1.54, 1.807) is 37.4 Å². The van der Waals surface area contributed by atoms with Gasteiger partial charge in [0.05, 0.1) is 31.5 Å². The van der Waals surface area contributed by atoms with Gasteiger partial charge in [-0.05, 0) is 66.2 Å². The Labute approximate surface area is 178 Å². The van der Waals surface area contributed by atoms with E-state index in [-0.39, 0.29) is 11.7 Å². The van der Waals surface area contributed by atoms with Gasteiger partial charge in [0, 0.05) is 11.1 Å². The van der Waals surface area contributed by atoms with Crippen molar-refractivity contribution in [1.29, 1.82) is 0 Å². The first-order valence-electron chi connectivity index (χ1n) is 9.42. The van der Waals surface area contributed by atoms with E-state index in [2.05, 4.69) is 20.5 Å². The van der Waals surface area contributed by atoms with Crippen LogP contribution in [0.25, 0.3) is 22.4 Å². The second kappa shape index (κ2) is 8.58. The number of imidazole rings is 1. The number of phenolic OH excluding ortho intramolecular Hbond substituents is 1. The molecule has 3 N–H and O–H groups in total. The lowest BCUT2D eigenvalue weighted by atomic mass is 10.2. The van der Waals surface area contributed by atoms with Crippen LogP contribution in [0, 0.1) is 0 Å². The fraction of sp³-hybridized carbons (Fsp3) is 0.0870. The lowest BCUT2D eigenvalue weighted by Crippen LogP contribution is -2.17. The molecule has 0 aliphatic heterocycles. The van der Waals surface area contributed by atoms with E-state index in [1.165, 1.54) is 19.4 Å². The minimum Gasteiger partial charge on any atom is -0.504 e. The molecule has 0 spiro atoms. The number of aromatic hydroxyl groups is 1. The minimum atomic E-state index is -0.364. The van der Waals surface area contributed by atoms with Crippen LogP contribution in [0.2, 0.25) is 0 Å². The number of nitrogens with one attached hydrogen (secondary N) is 2. The summed E-state index contributed by atoms with van der Waals surface area (Å²) in [6.45, 7) is 0. The third-order valence-corrected chi connectivity index (χ3v) is 4.69. The highest BCUT2D eigenvalue weighted by atomic mass is 16.5. The molecule has 0 aliphatic rings. The molecule has 0 radical (unpaired) electrons. The number of aromatic nitrogens is 2. The van der Waals surface area contributed by atoms with Gasteiger partial charge < -0.3 is 19.6 Å². The Balaban J connectivity index is 1.48. The van der Waals surface area contributed by atoms with Crippen LogP contribution in [0.4, 0.5) is 0 Å². The van der Waals surface area contributed by atoms with E-state index in [1.807, 2.05) is 24.3 Å². The van der Waals surface area contributed by atoms with Crippen molar-refractivity contribution < 1.29 is 19.4 Å². The van der Waals surface area contributed by atoms with Crippen molar-refractivity contribution >= 4 is 23.2 Å². The summed E-state index contributed by atoms with van der Waals surface area (Å²) in [4.78, 5) is 20.3. The van der Waals surface area contributed by atoms with Crippen molar-refractivity contribution in [2.24, 2.45) is 5.10 Å². The summed E-state index contributed by atoms with van der Waals surface area (Å²) < 4.78 is 10.2. The van der Waals surface area contributed by atoms with Crippen LogP contribution in [-0.4, -0.2) is 41.4 Å². The maximum absolute atomic E-state index is 12.5. The third-order valence-electron chi connectivity index (χ3n) is 4.69. The van der Waals surface area contributed by atoms with Crippen LogP contribution in [0.1, 0.15) is 15.9 Å². The van der Waals surface area contributed by atoms with E-state index in [0.717, 1.165) is 22.3 Å². The Morgan fingerprint density at radius 1 is 1.06 bits per heavy atom. The Morgan fingerprint density at radius 2 is 1.87 bits per heavy atom. The molecule has 0 fully saturated rings. The number of aromatic amines is 1. The molecule has 0 aliphatic carbocycles. The number of ether oxygens (including phenoxy) is 2. The van der Waals surface area contributed by atoms with Gasteiger partial charge in [-0.1, -0.05) is 0 Å². The Morgan fingerprint density at radius 3 is 2.58 bits per heavy atom. The molecular weight excluding hydrogens is 396 g/mol. The highest BCUT2D eigenvalue weighted by molar-refractivity contribution is 5.98.